The maximum absolute atomic E-state index is 12.4. The van der Waals surface area contributed by atoms with E-state index in [0.717, 1.165) is 6.26 Å². The van der Waals surface area contributed by atoms with Crippen molar-refractivity contribution >= 4 is 76.3 Å². The Labute approximate surface area is 184 Å². The number of carbonyl (C=O) groups excluding carboxylic acids is 1. The highest BCUT2D eigenvalue weighted by Crippen LogP contribution is 2.28. The highest BCUT2D eigenvalue weighted by Gasteiger charge is 2.13. The molecule has 0 atom stereocenters. The van der Waals surface area contributed by atoms with Gasteiger partial charge in [-0.05, 0) is 30.3 Å². The number of anilines is 3. The molecular weight excluding hydrogens is 466 g/mol. The third-order valence-corrected chi connectivity index (χ3v) is 6.96. The lowest BCUT2D eigenvalue weighted by Gasteiger charge is -2.01. The van der Waals surface area contributed by atoms with Crippen molar-refractivity contribution in [2.45, 2.75) is 11.3 Å². The Morgan fingerprint density at radius 1 is 1.17 bits per heavy atom. The Bertz CT molecular complexity index is 1330. The van der Waals surface area contributed by atoms with Crippen LogP contribution in [0.4, 0.5) is 16.1 Å². The number of sulfone groups is 1. The Morgan fingerprint density at radius 2 is 2.00 bits per heavy atom. The second-order valence-corrected chi connectivity index (χ2v) is 10.6. The molecule has 0 unspecified atom stereocenters. The van der Waals surface area contributed by atoms with Gasteiger partial charge in [0.1, 0.15) is 5.82 Å². The summed E-state index contributed by atoms with van der Waals surface area (Å²) in [6.45, 7) is 0. The summed E-state index contributed by atoms with van der Waals surface area (Å²) in [6, 6.07) is 8.14. The molecule has 3 aromatic heterocycles. The second-order valence-electron chi connectivity index (χ2n) is 6.28. The fourth-order valence-corrected chi connectivity index (χ4v) is 4.99. The minimum absolute atomic E-state index is 0.0801. The molecule has 0 saturated heterocycles. The number of hydrogen-bond acceptors (Lipinski definition) is 9. The number of fused-ring (bicyclic) bond motifs is 1. The number of nitrogens with zero attached hydrogens (tertiary/aromatic N) is 3. The van der Waals surface area contributed by atoms with Crippen molar-refractivity contribution in [3.63, 3.8) is 0 Å². The lowest BCUT2D eigenvalue weighted by molar-refractivity contribution is -0.115. The first kappa shape index (κ1) is 20.7. The number of thiazole rings is 2. The van der Waals surface area contributed by atoms with Gasteiger partial charge >= 0.3 is 0 Å². The van der Waals surface area contributed by atoms with E-state index in [0.29, 0.717) is 37.0 Å². The number of nitrogens with one attached hydrogen (secondary N) is 2. The Balaban J connectivity index is 1.41. The number of aromatic nitrogens is 3. The molecule has 0 radical (unpaired) electrons. The van der Waals surface area contributed by atoms with Gasteiger partial charge in [-0.1, -0.05) is 22.9 Å². The number of pyridine rings is 1. The van der Waals surface area contributed by atoms with Crippen molar-refractivity contribution in [1.29, 1.82) is 0 Å². The van der Waals surface area contributed by atoms with Gasteiger partial charge in [-0.2, -0.15) is 0 Å². The molecule has 3 heterocycles. The largest absolute Gasteiger partial charge is 0.316 e. The maximum Gasteiger partial charge on any atom is 0.232 e. The van der Waals surface area contributed by atoms with Crippen LogP contribution in [0.5, 0.6) is 0 Å². The molecule has 1 aromatic carbocycles. The van der Waals surface area contributed by atoms with Crippen molar-refractivity contribution < 1.29 is 13.2 Å². The Morgan fingerprint density at radius 3 is 2.73 bits per heavy atom. The van der Waals surface area contributed by atoms with E-state index in [1.54, 1.807) is 29.6 Å². The maximum atomic E-state index is 12.4. The molecule has 0 fully saturated rings. The molecular formula is C18H14ClN5O3S3. The van der Waals surface area contributed by atoms with Crippen molar-refractivity contribution in [3.05, 3.63) is 52.6 Å². The molecule has 2 N–H and O–H groups in total. The van der Waals surface area contributed by atoms with Crippen LogP contribution >= 0.6 is 34.3 Å². The quantitative estimate of drug-likeness (QED) is 0.427. The van der Waals surface area contributed by atoms with Gasteiger partial charge in [-0.3, -0.25) is 4.79 Å². The van der Waals surface area contributed by atoms with Crippen molar-refractivity contribution in [2.24, 2.45) is 0 Å². The number of halogens is 1. The summed E-state index contributed by atoms with van der Waals surface area (Å²) >= 11 is 8.39. The van der Waals surface area contributed by atoms with Gasteiger partial charge in [-0.25, -0.2) is 23.4 Å². The fraction of sp³-hybridized carbons (Fsp3) is 0.111. The third kappa shape index (κ3) is 4.93. The third-order valence-electron chi connectivity index (χ3n) is 3.89. The van der Waals surface area contributed by atoms with Gasteiger partial charge in [0, 0.05) is 17.8 Å². The van der Waals surface area contributed by atoms with Crippen LogP contribution in [-0.4, -0.2) is 35.5 Å². The average Bonchev–Trinajstić information content (AvgIpc) is 3.28. The van der Waals surface area contributed by atoms with Crippen LogP contribution < -0.4 is 10.6 Å². The van der Waals surface area contributed by atoms with Gasteiger partial charge in [0.2, 0.25) is 5.91 Å². The normalized spacial score (nSPS) is 11.5. The zero-order valence-corrected chi connectivity index (χ0v) is 18.6. The average molecular weight is 480 g/mol. The zero-order valence-electron chi connectivity index (χ0n) is 15.4. The van der Waals surface area contributed by atoms with Crippen LogP contribution in [0.1, 0.15) is 5.69 Å². The summed E-state index contributed by atoms with van der Waals surface area (Å²) in [5.41, 5.74) is 1.23. The first-order valence-corrected chi connectivity index (χ1v) is 12.5. The monoisotopic (exact) mass is 479 g/mol. The van der Waals surface area contributed by atoms with Crippen molar-refractivity contribution in [3.8, 4) is 0 Å². The molecule has 1 amide bonds. The van der Waals surface area contributed by atoms with Gasteiger partial charge in [0.15, 0.2) is 20.1 Å². The predicted octanol–water partition coefficient (Wildman–Crippen LogP) is 4.13. The standard InChI is InChI=1S/C18H14ClN5O3S3/c1-30(26,27)12-3-4-13-14(7-12)29-18(22-13)24-16(25)6-11-9-28-17(21-11)23-15-5-2-10(19)8-20-15/h2-5,7-9H,6H2,1H3,(H,20,21,23)(H,22,24,25). The number of benzene rings is 1. The molecule has 0 aliphatic heterocycles. The molecule has 0 bridgehead atoms. The van der Waals surface area contributed by atoms with Gasteiger partial charge in [0.25, 0.3) is 0 Å². The van der Waals surface area contributed by atoms with Crippen LogP contribution in [0.2, 0.25) is 5.02 Å². The van der Waals surface area contributed by atoms with Crippen LogP contribution in [-0.2, 0) is 21.1 Å². The van der Waals surface area contributed by atoms with Crippen LogP contribution in [0.15, 0.2) is 46.8 Å². The SMILES string of the molecule is CS(=O)(=O)c1ccc2nc(NC(=O)Cc3csc(Nc4ccc(Cl)cn4)n3)sc2c1. The molecule has 154 valence electrons. The van der Waals surface area contributed by atoms with Crippen LogP contribution in [0.25, 0.3) is 10.2 Å². The van der Waals surface area contributed by atoms with Gasteiger partial charge < -0.3 is 10.6 Å². The molecule has 0 aliphatic rings. The molecule has 30 heavy (non-hydrogen) atoms. The second kappa shape index (κ2) is 8.26. The lowest BCUT2D eigenvalue weighted by atomic mass is 10.3. The van der Waals surface area contributed by atoms with E-state index in [9.17, 15) is 13.2 Å². The van der Waals surface area contributed by atoms with Crippen LogP contribution in [0, 0.1) is 0 Å². The van der Waals surface area contributed by atoms with Gasteiger partial charge in [0.05, 0.1) is 32.2 Å². The fourth-order valence-electron chi connectivity index (χ4n) is 2.52. The number of carbonyl (C=O) groups is 1. The van der Waals surface area contributed by atoms with Crippen molar-refractivity contribution in [1.82, 2.24) is 15.0 Å². The molecule has 0 spiro atoms. The Kier molecular flexibility index (Phi) is 5.69. The first-order chi connectivity index (χ1) is 14.3. The van der Waals surface area contributed by atoms with E-state index in [1.807, 2.05) is 0 Å². The zero-order chi connectivity index (χ0) is 21.3. The number of amides is 1. The topological polar surface area (TPSA) is 114 Å². The summed E-state index contributed by atoms with van der Waals surface area (Å²) in [6.07, 6.45) is 2.76. The highest BCUT2D eigenvalue weighted by molar-refractivity contribution is 7.90. The molecule has 4 rings (SSSR count). The van der Waals surface area contributed by atoms with Crippen LogP contribution in [0.3, 0.4) is 0 Å². The number of hydrogen-bond donors (Lipinski definition) is 2. The summed E-state index contributed by atoms with van der Waals surface area (Å²) in [7, 11) is -3.30. The van der Waals surface area contributed by atoms with Crippen molar-refractivity contribution in [2.75, 3.05) is 16.9 Å². The molecule has 8 nitrogen and oxygen atoms in total. The van der Waals surface area contributed by atoms with Gasteiger partial charge in [-0.15, -0.1) is 11.3 Å². The summed E-state index contributed by atoms with van der Waals surface area (Å²) in [5, 5.41) is 9.14. The first-order valence-electron chi connectivity index (χ1n) is 8.50. The molecule has 0 saturated carbocycles. The summed E-state index contributed by atoms with van der Waals surface area (Å²) < 4.78 is 24.1. The van der Waals surface area contributed by atoms with E-state index >= 15 is 0 Å². The minimum Gasteiger partial charge on any atom is -0.316 e. The van der Waals surface area contributed by atoms with E-state index in [4.69, 9.17) is 11.6 Å². The lowest BCUT2D eigenvalue weighted by Crippen LogP contribution is -2.14. The molecule has 12 heteroatoms. The smallest absolute Gasteiger partial charge is 0.232 e. The van der Waals surface area contributed by atoms with E-state index < -0.39 is 9.84 Å². The highest BCUT2D eigenvalue weighted by atomic mass is 35.5. The molecule has 4 aromatic rings. The van der Waals surface area contributed by atoms with E-state index in [1.165, 1.54) is 34.9 Å². The summed E-state index contributed by atoms with van der Waals surface area (Å²) in [4.78, 5) is 25.4. The summed E-state index contributed by atoms with van der Waals surface area (Å²) in [5.74, 6) is 0.339. The Hall–Kier alpha value is -2.60. The number of rotatable bonds is 6. The van der Waals surface area contributed by atoms with E-state index in [-0.39, 0.29) is 17.2 Å². The predicted molar refractivity (Wildman–Crippen MR) is 120 cm³/mol. The minimum atomic E-state index is -3.30. The molecule has 0 aliphatic carbocycles. The van der Waals surface area contributed by atoms with E-state index in [2.05, 4.69) is 25.6 Å².